The number of anilines is 3. The molecule has 11 heteroatoms. The number of carbonyl (C=O) groups excluding carboxylic acids is 2. The number of nitrogens with zero attached hydrogens (tertiary/aromatic N) is 4. The zero-order chi connectivity index (χ0) is 33.8. The van der Waals surface area contributed by atoms with Crippen molar-refractivity contribution >= 4 is 40.3 Å². The van der Waals surface area contributed by atoms with Gasteiger partial charge in [0.25, 0.3) is 11.5 Å². The van der Waals surface area contributed by atoms with Gasteiger partial charge < -0.3 is 24.8 Å². The maximum absolute atomic E-state index is 13.4. The highest BCUT2D eigenvalue weighted by atomic mass is 32.1. The third-order valence-electron chi connectivity index (χ3n) is 9.38. The number of aryl methyl sites for hydroxylation is 3. The van der Waals surface area contributed by atoms with Crippen molar-refractivity contribution in [3.05, 3.63) is 91.5 Å². The maximum Gasteiger partial charge on any atom is 0.293 e. The molecule has 2 aromatic heterocycles. The van der Waals surface area contributed by atoms with Crippen LogP contribution in [0.15, 0.2) is 59.5 Å². The molecule has 2 aliphatic rings. The van der Waals surface area contributed by atoms with Gasteiger partial charge in [0, 0.05) is 61.7 Å². The van der Waals surface area contributed by atoms with Gasteiger partial charge in [-0.15, -0.1) is 11.3 Å². The molecule has 10 nitrogen and oxygen atoms in total. The summed E-state index contributed by atoms with van der Waals surface area (Å²) in [6.45, 7) is 7.09. The number of carbonyl (C=O) groups is 2. The Morgan fingerprint density at radius 2 is 1.81 bits per heavy atom. The molecular weight excluding hydrogens is 625 g/mol. The lowest BCUT2D eigenvalue weighted by atomic mass is 10.0. The van der Waals surface area contributed by atoms with Gasteiger partial charge in [-0.25, -0.2) is 4.98 Å². The van der Waals surface area contributed by atoms with E-state index in [1.165, 1.54) is 34.3 Å². The van der Waals surface area contributed by atoms with Gasteiger partial charge in [-0.2, -0.15) is 0 Å². The van der Waals surface area contributed by atoms with Crippen molar-refractivity contribution in [2.24, 2.45) is 7.05 Å². The summed E-state index contributed by atoms with van der Waals surface area (Å²) in [7, 11) is 3.52. The van der Waals surface area contributed by atoms with Crippen molar-refractivity contribution in [1.29, 1.82) is 0 Å². The summed E-state index contributed by atoms with van der Waals surface area (Å²) in [5.41, 5.74) is 5.60. The summed E-state index contributed by atoms with van der Waals surface area (Å²) < 4.78 is 7.04. The predicted octanol–water partition coefficient (Wildman–Crippen LogP) is 5.93. The minimum atomic E-state index is -0.410. The van der Waals surface area contributed by atoms with E-state index in [2.05, 4.69) is 21.6 Å². The predicted molar refractivity (Wildman–Crippen MR) is 191 cm³/mol. The minimum Gasteiger partial charge on any atom is -0.379 e. The lowest BCUT2D eigenvalue weighted by Crippen LogP contribution is -2.46. The number of benzene rings is 2. The molecule has 252 valence electrons. The van der Waals surface area contributed by atoms with Crippen molar-refractivity contribution in [1.82, 2.24) is 19.4 Å². The van der Waals surface area contributed by atoms with Crippen molar-refractivity contribution in [3.8, 4) is 11.3 Å². The molecule has 2 amide bonds. The zero-order valence-corrected chi connectivity index (χ0v) is 29.0. The van der Waals surface area contributed by atoms with Gasteiger partial charge in [0.2, 0.25) is 5.91 Å². The third-order valence-corrected chi connectivity index (χ3v) is 10.6. The van der Waals surface area contributed by atoms with E-state index >= 15 is 0 Å². The SMILES string of the molecule is CCN(C)C(=O)C(c1ccc(Nc2nc(-c3cccc(NC(=O)c4cc5c(s4)CCCCC5)c3C)cn(C)c2=O)cc1)N1CCOCC1. The van der Waals surface area contributed by atoms with Crippen LogP contribution in [-0.2, 0) is 29.4 Å². The van der Waals surface area contributed by atoms with E-state index in [0.717, 1.165) is 34.4 Å². The third kappa shape index (κ3) is 7.23. The molecule has 1 fully saturated rings. The first-order valence-corrected chi connectivity index (χ1v) is 17.6. The standard InChI is InChI=1S/C37H44N6O4S/c1-5-41(3)36(45)33(43-18-20-47-21-19-43)25-14-16-27(17-15-25)38-34-37(46)42(4)23-30(39-34)28-11-9-12-29(24(28)2)40-35(44)32-22-26-10-7-6-8-13-31(26)48-32/h9,11-12,14-17,22-23,33H,5-8,10,13,18-21H2,1-4H3,(H,38,39)(H,40,44). The number of likely N-dealkylation sites (N-methyl/N-ethyl adjacent to an activating group) is 1. The number of nitrogens with one attached hydrogen (secondary N) is 2. The number of ether oxygens (including phenoxy) is 1. The Morgan fingerprint density at radius 3 is 2.56 bits per heavy atom. The van der Waals surface area contributed by atoms with Crippen molar-refractivity contribution in [2.75, 3.05) is 50.5 Å². The zero-order valence-electron chi connectivity index (χ0n) is 28.2. The smallest absolute Gasteiger partial charge is 0.293 e. The van der Waals surface area contributed by atoms with Gasteiger partial charge in [0.05, 0.1) is 23.8 Å². The van der Waals surface area contributed by atoms with Gasteiger partial charge in [0.15, 0.2) is 5.82 Å². The van der Waals surface area contributed by atoms with E-state index in [1.807, 2.05) is 63.4 Å². The Balaban J connectivity index is 1.23. The van der Waals surface area contributed by atoms with E-state index in [1.54, 1.807) is 29.5 Å². The molecule has 3 heterocycles. The molecule has 1 saturated heterocycles. The van der Waals surface area contributed by atoms with E-state index in [9.17, 15) is 14.4 Å². The molecule has 0 spiro atoms. The number of fused-ring (bicyclic) bond motifs is 1. The van der Waals surface area contributed by atoms with Crippen LogP contribution in [0.3, 0.4) is 0 Å². The number of amides is 2. The number of morpholine rings is 1. The molecule has 0 bridgehead atoms. The van der Waals surface area contributed by atoms with Crippen LogP contribution in [0.1, 0.15) is 63.5 Å². The summed E-state index contributed by atoms with van der Waals surface area (Å²) in [5.74, 6) is 0.122. The molecule has 1 aliphatic carbocycles. The first-order chi connectivity index (χ1) is 23.2. The van der Waals surface area contributed by atoms with Gasteiger partial charge in [-0.1, -0.05) is 30.7 Å². The molecule has 2 aromatic carbocycles. The van der Waals surface area contributed by atoms with Gasteiger partial charge in [0.1, 0.15) is 6.04 Å². The second kappa shape index (κ2) is 14.8. The molecule has 48 heavy (non-hydrogen) atoms. The first-order valence-electron chi connectivity index (χ1n) is 16.8. The average molecular weight is 669 g/mol. The topological polar surface area (TPSA) is 109 Å². The fraction of sp³-hybridized carbons (Fsp3) is 0.405. The summed E-state index contributed by atoms with van der Waals surface area (Å²) in [6.07, 6.45) is 7.39. The van der Waals surface area contributed by atoms with Gasteiger partial charge in [-0.05, 0) is 80.5 Å². The van der Waals surface area contributed by atoms with Gasteiger partial charge in [-0.3, -0.25) is 19.3 Å². The van der Waals surface area contributed by atoms with Crippen LogP contribution in [0.2, 0.25) is 0 Å². The Labute approximate surface area is 285 Å². The number of hydrogen-bond donors (Lipinski definition) is 2. The normalized spacial score (nSPS) is 15.7. The lowest BCUT2D eigenvalue weighted by Gasteiger charge is -2.35. The number of rotatable bonds is 9. The van der Waals surface area contributed by atoms with Crippen LogP contribution in [0, 0.1) is 6.92 Å². The Hall–Kier alpha value is -4.32. The van der Waals surface area contributed by atoms with Crippen molar-refractivity contribution in [3.63, 3.8) is 0 Å². The van der Waals surface area contributed by atoms with Crippen LogP contribution in [0.25, 0.3) is 11.3 Å². The molecule has 1 atom stereocenters. The molecule has 1 aliphatic heterocycles. The molecule has 4 aromatic rings. The molecule has 0 radical (unpaired) electrons. The van der Waals surface area contributed by atoms with E-state index in [-0.39, 0.29) is 23.2 Å². The average Bonchev–Trinajstić information content (AvgIpc) is 3.38. The maximum atomic E-state index is 13.4. The monoisotopic (exact) mass is 668 g/mol. The summed E-state index contributed by atoms with van der Waals surface area (Å²) in [6, 6.07) is 15.0. The second-order valence-electron chi connectivity index (χ2n) is 12.6. The number of aromatic nitrogens is 2. The molecule has 6 rings (SSSR count). The van der Waals surface area contributed by atoms with E-state index < -0.39 is 6.04 Å². The molecule has 2 N–H and O–H groups in total. The number of hydrogen-bond acceptors (Lipinski definition) is 8. The highest BCUT2D eigenvalue weighted by molar-refractivity contribution is 7.14. The van der Waals surface area contributed by atoms with Gasteiger partial charge >= 0.3 is 0 Å². The Morgan fingerprint density at radius 1 is 1.06 bits per heavy atom. The highest BCUT2D eigenvalue weighted by Gasteiger charge is 2.31. The first kappa shape index (κ1) is 33.6. The van der Waals surface area contributed by atoms with E-state index in [0.29, 0.717) is 49.9 Å². The van der Waals surface area contributed by atoms with E-state index in [4.69, 9.17) is 9.72 Å². The molecular formula is C37H44N6O4S. The summed E-state index contributed by atoms with van der Waals surface area (Å²) in [4.78, 5) is 50.6. The van der Waals surface area contributed by atoms with Crippen LogP contribution < -0.4 is 16.2 Å². The fourth-order valence-corrected chi connectivity index (χ4v) is 7.57. The van der Waals surface area contributed by atoms with Crippen molar-refractivity contribution in [2.45, 2.75) is 52.0 Å². The largest absolute Gasteiger partial charge is 0.379 e. The summed E-state index contributed by atoms with van der Waals surface area (Å²) in [5, 5.41) is 6.33. The van der Waals surface area contributed by atoms with Crippen LogP contribution in [0.4, 0.5) is 17.2 Å². The summed E-state index contributed by atoms with van der Waals surface area (Å²) >= 11 is 1.60. The molecule has 0 saturated carbocycles. The van der Waals surface area contributed by atoms with Crippen LogP contribution in [-0.4, -0.2) is 71.1 Å². The Bertz CT molecular complexity index is 1820. The fourth-order valence-electron chi connectivity index (χ4n) is 6.42. The highest BCUT2D eigenvalue weighted by Crippen LogP contribution is 2.32. The quantitative estimate of drug-likeness (QED) is 0.213. The Kier molecular flexibility index (Phi) is 10.4. The molecule has 1 unspecified atom stereocenters. The van der Waals surface area contributed by atoms with Crippen molar-refractivity contribution < 1.29 is 14.3 Å². The minimum absolute atomic E-state index is 0.0436. The second-order valence-corrected chi connectivity index (χ2v) is 13.7. The van der Waals surface area contributed by atoms with Crippen LogP contribution >= 0.6 is 11.3 Å². The van der Waals surface area contributed by atoms with Crippen LogP contribution in [0.5, 0.6) is 0 Å². The number of thiophene rings is 1. The lowest BCUT2D eigenvalue weighted by molar-refractivity contribution is -0.137.